The summed E-state index contributed by atoms with van der Waals surface area (Å²) >= 11 is 0. The number of anilines is 1. The molecule has 0 aromatic heterocycles. The summed E-state index contributed by atoms with van der Waals surface area (Å²) in [5.41, 5.74) is 1.07. The van der Waals surface area contributed by atoms with Gasteiger partial charge < -0.3 is 10.0 Å². The number of hydrogen-bond donors (Lipinski definition) is 1. The zero-order valence-electron chi connectivity index (χ0n) is 12.2. The molecule has 1 spiro atoms. The molecule has 0 unspecified atom stereocenters. The van der Waals surface area contributed by atoms with Crippen molar-refractivity contribution in [2.75, 3.05) is 11.4 Å². The van der Waals surface area contributed by atoms with Crippen LogP contribution >= 0.6 is 0 Å². The number of carboxylic acids is 1. The highest BCUT2D eigenvalue weighted by Gasteiger charge is 2.54. The van der Waals surface area contributed by atoms with Gasteiger partial charge in [0.15, 0.2) is 0 Å². The van der Waals surface area contributed by atoms with Crippen LogP contribution < -0.4 is 4.90 Å². The van der Waals surface area contributed by atoms with Gasteiger partial charge in [0, 0.05) is 17.5 Å². The Bertz CT molecular complexity index is 666. The highest BCUT2D eigenvalue weighted by molar-refractivity contribution is 6.02. The molecule has 116 valence electrons. The Hall–Kier alpha value is -1.91. The van der Waals surface area contributed by atoms with E-state index in [1.165, 1.54) is 6.07 Å². The van der Waals surface area contributed by atoms with Crippen molar-refractivity contribution in [1.29, 1.82) is 0 Å². The lowest BCUT2D eigenvalue weighted by molar-refractivity contribution is -0.140. The van der Waals surface area contributed by atoms with E-state index in [0.717, 1.165) is 25.7 Å². The van der Waals surface area contributed by atoms with Crippen LogP contribution in [0, 0.1) is 17.7 Å². The maximum absolute atomic E-state index is 14.4. The number of nitrogens with zero attached hydrogens (tertiary/aromatic N) is 1. The van der Waals surface area contributed by atoms with Gasteiger partial charge in [-0.2, -0.15) is 0 Å². The molecule has 22 heavy (non-hydrogen) atoms. The fourth-order valence-electron chi connectivity index (χ4n) is 4.33. The molecule has 1 aliphatic heterocycles. The molecule has 2 aliphatic carbocycles. The Labute approximate surface area is 127 Å². The first-order valence-electron chi connectivity index (χ1n) is 7.87. The maximum Gasteiger partial charge on any atom is 0.307 e. The molecular formula is C17H18FNO3. The number of carbonyl (C=O) groups excluding carboxylic acids is 1. The SMILES string of the molecule is O=C(O)[C@H]1C[C@@H]1C(=O)N1CC2(CCCC2)c2c(F)cccc21. The Kier molecular flexibility index (Phi) is 2.83. The zero-order valence-corrected chi connectivity index (χ0v) is 12.2. The van der Waals surface area contributed by atoms with E-state index >= 15 is 0 Å². The predicted molar refractivity (Wildman–Crippen MR) is 78.1 cm³/mol. The first-order valence-corrected chi connectivity index (χ1v) is 7.87. The first-order chi connectivity index (χ1) is 10.5. The molecule has 1 aromatic rings. The molecule has 4 rings (SSSR count). The third-order valence-corrected chi connectivity index (χ3v) is 5.53. The van der Waals surface area contributed by atoms with Crippen LogP contribution in [0.3, 0.4) is 0 Å². The Morgan fingerprint density at radius 2 is 1.95 bits per heavy atom. The third kappa shape index (κ3) is 1.81. The molecule has 2 atom stereocenters. The van der Waals surface area contributed by atoms with Gasteiger partial charge in [0.25, 0.3) is 0 Å². The molecule has 4 nitrogen and oxygen atoms in total. The third-order valence-electron chi connectivity index (χ3n) is 5.53. The fourth-order valence-corrected chi connectivity index (χ4v) is 4.33. The van der Waals surface area contributed by atoms with Gasteiger partial charge in [0.2, 0.25) is 5.91 Å². The van der Waals surface area contributed by atoms with Crippen molar-refractivity contribution >= 4 is 17.6 Å². The van der Waals surface area contributed by atoms with E-state index in [0.29, 0.717) is 24.2 Å². The number of aliphatic carboxylic acids is 1. The summed E-state index contributed by atoms with van der Waals surface area (Å²) in [6, 6.07) is 4.88. The average molecular weight is 303 g/mol. The van der Waals surface area contributed by atoms with Crippen LogP contribution in [-0.4, -0.2) is 23.5 Å². The van der Waals surface area contributed by atoms with Crippen molar-refractivity contribution in [2.45, 2.75) is 37.5 Å². The molecule has 0 radical (unpaired) electrons. The van der Waals surface area contributed by atoms with Crippen molar-refractivity contribution in [3.63, 3.8) is 0 Å². The van der Waals surface area contributed by atoms with Gasteiger partial charge in [0.1, 0.15) is 5.82 Å². The van der Waals surface area contributed by atoms with Gasteiger partial charge in [0.05, 0.1) is 17.5 Å². The smallest absolute Gasteiger partial charge is 0.307 e. The quantitative estimate of drug-likeness (QED) is 0.914. The molecule has 1 aromatic carbocycles. The van der Waals surface area contributed by atoms with Crippen molar-refractivity contribution < 1.29 is 19.1 Å². The molecule has 1 N–H and O–H groups in total. The molecule has 5 heteroatoms. The van der Waals surface area contributed by atoms with Gasteiger partial charge in [-0.3, -0.25) is 9.59 Å². The van der Waals surface area contributed by atoms with Crippen LogP contribution in [0.25, 0.3) is 0 Å². The van der Waals surface area contributed by atoms with E-state index in [9.17, 15) is 14.0 Å². The number of fused-ring (bicyclic) bond motifs is 2. The zero-order chi connectivity index (χ0) is 15.5. The van der Waals surface area contributed by atoms with E-state index in [2.05, 4.69) is 0 Å². The van der Waals surface area contributed by atoms with E-state index in [1.807, 2.05) is 0 Å². The normalized spacial score (nSPS) is 28.0. The molecule has 1 heterocycles. The lowest BCUT2D eigenvalue weighted by Crippen LogP contribution is -2.37. The number of benzene rings is 1. The minimum Gasteiger partial charge on any atom is -0.481 e. The van der Waals surface area contributed by atoms with E-state index < -0.39 is 17.8 Å². The summed E-state index contributed by atoms with van der Waals surface area (Å²) in [6.45, 7) is 0.505. The van der Waals surface area contributed by atoms with E-state index in [4.69, 9.17) is 5.11 Å². The van der Waals surface area contributed by atoms with Gasteiger partial charge in [-0.1, -0.05) is 18.9 Å². The molecule has 3 aliphatic rings. The highest BCUT2D eigenvalue weighted by atomic mass is 19.1. The number of carboxylic acid groups (broad SMARTS) is 1. The monoisotopic (exact) mass is 303 g/mol. The maximum atomic E-state index is 14.4. The lowest BCUT2D eigenvalue weighted by atomic mass is 9.80. The second-order valence-corrected chi connectivity index (χ2v) is 6.83. The van der Waals surface area contributed by atoms with Gasteiger partial charge >= 0.3 is 5.97 Å². The Balaban J connectivity index is 1.70. The Morgan fingerprint density at radius 3 is 2.59 bits per heavy atom. The highest BCUT2D eigenvalue weighted by Crippen LogP contribution is 2.53. The minimum atomic E-state index is -0.910. The molecule has 1 amide bonds. The number of carbonyl (C=O) groups is 2. The van der Waals surface area contributed by atoms with Gasteiger partial charge in [-0.15, -0.1) is 0 Å². The van der Waals surface area contributed by atoms with E-state index in [1.54, 1.807) is 17.0 Å². The molecule has 2 fully saturated rings. The average Bonchev–Trinajstić information content (AvgIpc) is 3.06. The second kappa shape index (κ2) is 4.54. The van der Waals surface area contributed by atoms with Crippen molar-refractivity contribution in [2.24, 2.45) is 11.8 Å². The van der Waals surface area contributed by atoms with Crippen LogP contribution in [-0.2, 0) is 15.0 Å². The summed E-state index contributed by atoms with van der Waals surface area (Å²) < 4.78 is 14.4. The summed E-state index contributed by atoms with van der Waals surface area (Å²) in [7, 11) is 0. The van der Waals surface area contributed by atoms with Crippen LogP contribution in [0.15, 0.2) is 18.2 Å². The fraction of sp³-hybridized carbons (Fsp3) is 0.529. The van der Waals surface area contributed by atoms with Gasteiger partial charge in [-0.05, 0) is 31.4 Å². The van der Waals surface area contributed by atoms with E-state index in [-0.39, 0.29) is 17.1 Å². The van der Waals surface area contributed by atoms with Crippen LogP contribution in [0.2, 0.25) is 0 Å². The van der Waals surface area contributed by atoms with Crippen LogP contribution in [0.5, 0.6) is 0 Å². The standard InChI is InChI=1S/C17H18FNO3/c18-12-4-3-5-13-14(12)17(6-1-2-7-17)9-19(13)15(20)10-8-11(10)16(21)22/h3-5,10-11H,1-2,6-9H2,(H,21,22)/t10-,11-/m0/s1. The number of halogens is 1. The van der Waals surface area contributed by atoms with Crippen molar-refractivity contribution in [3.8, 4) is 0 Å². The Morgan fingerprint density at radius 1 is 1.23 bits per heavy atom. The van der Waals surface area contributed by atoms with Crippen LogP contribution in [0.4, 0.5) is 10.1 Å². The topological polar surface area (TPSA) is 57.6 Å². The molecule has 0 bridgehead atoms. The summed E-state index contributed by atoms with van der Waals surface area (Å²) in [6.07, 6.45) is 4.31. The molecule has 0 saturated heterocycles. The summed E-state index contributed by atoms with van der Waals surface area (Å²) in [4.78, 5) is 25.3. The van der Waals surface area contributed by atoms with Gasteiger partial charge in [-0.25, -0.2) is 4.39 Å². The van der Waals surface area contributed by atoms with Crippen molar-refractivity contribution in [1.82, 2.24) is 0 Å². The number of amides is 1. The minimum absolute atomic E-state index is 0.150. The number of hydrogen-bond acceptors (Lipinski definition) is 2. The lowest BCUT2D eigenvalue weighted by Gasteiger charge is -2.25. The largest absolute Gasteiger partial charge is 0.481 e. The molecule has 2 saturated carbocycles. The molecular weight excluding hydrogens is 285 g/mol. The predicted octanol–water partition coefficient (Wildman–Crippen LogP) is 2.70. The number of rotatable bonds is 2. The summed E-state index contributed by atoms with van der Waals surface area (Å²) in [5.74, 6) is -2.30. The van der Waals surface area contributed by atoms with Crippen LogP contribution in [0.1, 0.15) is 37.7 Å². The van der Waals surface area contributed by atoms with Crippen molar-refractivity contribution in [3.05, 3.63) is 29.6 Å². The summed E-state index contributed by atoms with van der Waals surface area (Å²) in [5, 5.41) is 9.03. The first kappa shape index (κ1) is 13.7. The second-order valence-electron chi connectivity index (χ2n) is 6.83.